The normalized spacial score (nSPS) is 13.0. The van der Waals surface area contributed by atoms with Crippen molar-refractivity contribution in [2.75, 3.05) is 0 Å². The fourth-order valence-corrected chi connectivity index (χ4v) is 7.10. The van der Waals surface area contributed by atoms with Gasteiger partial charge in [0, 0.05) is 22.2 Å². The molecular weight excluding hydrogens is 416 g/mol. The van der Waals surface area contributed by atoms with E-state index in [-0.39, 0.29) is 0 Å². The van der Waals surface area contributed by atoms with Crippen LogP contribution >= 0.6 is 0 Å². The summed E-state index contributed by atoms with van der Waals surface area (Å²) < 4.78 is 4.85. The molecule has 0 radical (unpaired) electrons. The smallest absolute Gasteiger partial charge is 0.224 e. The first kappa shape index (κ1) is 19.1. The number of fused-ring (bicyclic) bond motifs is 7. The highest BCUT2D eigenvalue weighted by atomic mass is 28.3. The van der Waals surface area contributed by atoms with Gasteiger partial charge < -0.3 is 4.40 Å². The highest BCUT2D eigenvalue weighted by molar-refractivity contribution is 6.88. The van der Waals surface area contributed by atoms with Gasteiger partial charge in [-0.2, -0.15) is 0 Å². The highest BCUT2D eigenvalue weighted by Crippen LogP contribution is 2.42. The molecule has 0 N–H and O–H groups in total. The van der Waals surface area contributed by atoms with Crippen molar-refractivity contribution in [3.63, 3.8) is 0 Å². The zero-order valence-corrected chi connectivity index (χ0v) is 20.8. The maximum atomic E-state index is 2.53. The van der Waals surface area contributed by atoms with Gasteiger partial charge in [-0.25, -0.2) is 4.57 Å². The number of para-hydroxylation sites is 1. The van der Waals surface area contributed by atoms with Gasteiger partial charge in [-0.3, -0.25) is 0 Å². The van der Waals surface area contributed by atoms with Crippen LogP contribution in [-0.4, -0.2) is 12.5 Å². The summed E-state index contributed by atoms with van der Waals surface area (Å²) in [5.74, 6) is 0. The van der Waals surface area contributed by atoms with E-state index in [4.69, 9.17) is 0 Å². The van der Waals surface area contributed by atoms with E-state index in [1.165, 1.54) is 70.5 Å². The minimum Gasteiger partial charge on any atom is -0.307 e. The molecule has 3 heterocycles. The Morgan fingerprint density at radius 3 is 2.33 bits per heavy atom. The zero-order chi connectivity index (χ0) is 22.6. The first-order valence-electron chi connectivity index (χ1n) is 11.8. The van der Waals surface area contributed by atoms with Crippen LogP contribution in [0.15, 0.2) is 72.9 Å². The molecule has 3 aromatic heterocycles. The second kappa shape index (κ2) is 6.12. The molecule has 0 aliphatic rings. The van der Waals surface area contributed by atoms with Crippen LogP contribution in [0, 0.1) is 6.92 Å². The average Bonchev–Trinajstić information content (AvgIpc) is 3.13. The lowest BCUT2D eigenvalue weighted by molar-refractivity contribution is -0.643. The third-order valence-electron chi connectivity index (χ3n) is 7.60. The topological polar surface area (TPSA) is 8.29 Å². The van der Waals surface area contributed by atoms with Crippen LogP contribution in [0.25, 0.3) is 59.8 Å². The van der Waals surface area contributed by atoms with Crippen molar-refractivity contribution in [1.82, 2.24) is 4.40 Å². The van der Waals surface area contributed by atoms with E-state index in [0.29, 0.717) is 0 Å². The molecule has 4 aromatic carbocycles. The molecule has 0 atom stereocenters. The SMILES string of the molecule is Cc1ccc2c3ccccc3n3c4cc5cc([Si](C)(C)C)ccc5c5cc[n+](C)c(c1c23)c54. The van der Waals surface area contributed by atoms with Crippen molar-refractivity contribution in [2.24, 2.45) is 7.05 Å². The lowest BCUT2D eigenvalue weighted by Crippen LogP contribution is -2.37. The van der Waals surface area contributed by atoms with E-state index >= 15 is 0 Å². The Morgan fingerprint density at radius 1 is 0.727 bits per heavy atom. The van der Waals surface area contributed by atoms with Crippen LogP contribution < -0.4 is 9.75 Å². The molecule has 7 aromatic rings. The van der Waals surface area contributed by atoms with Crippen molar-refractivity contribution in [2.45, 2.75) is 26.6 Å². The van der Waals surface area contributed by atoms with Crippen LogP contribution in [0.3, 0.4) is 0 Å². The molecule has 160 valence electrons. The number of hydrogen-bond acceptors (Lipinski definition) is 0. The third-order valence-corrected chi connectivity index (χ3v) is 9.65. The lowest BCUT2D eigenvalue weighted by Gasteiger charge is -2.19. The second-order valence-electron chi connectivity index (χ2n) is 10.7. The molecule has 3 heteroatoms. The summed E-state index contributed by atoms with van der Waals surface area (Å²) in [4.78, 5) is 0. The molecule has 2 nitrogen and oxygen atoms in total. The van der Waals surface area contributed by atoms with Crippen LogP contribution in [0.1, 0.15) is 5.56 Å². The van der Waals surface area contributed by atoms with Gasteiger partial charge in [-0.1, -0.05) is 73.4 Å². The molecule has 0 bridgehead atoms. The van der Waals surface area contributed by atoms with Crippen molar-refractivity contribution in [3.05, 3.63) is 78.5 Å². The van der Waals surface area contributed by atoms with Crippen molar-refractivity contribution in [3.8, 4) is 0 Å². The number of aryl methyl sites for hydroxylation is 2. The van der Waals surface area contributed by atoms with Gasteiger partial charge in [0.15, 0.2) is 6.20 Å². The van der Waals surface area contributed by atoms with Crippen LogP contribution in [0.5, 0.6) is 0 Å². The first-order chi connectivity index (χ1) is 15.8. The van der Waals surface area contributed by atoms with Crippen LogP contribution in [0.2, 0.25) is 19.6 Å². The van der Waals surface area contributed by atoms with Crippen molar-refractivity contribution in [1.29, 1.82) is 0 Å². The fourth-order valence-electron chi connectivity index (χ4n) is 5.93. The predicted molar refractivity (Wildman–Crippen MR) is 145 cm³/mol. The van der Waals surface area contributed by atoms with Crippen molar-refractivity contribution < 1.29 is 4.57 Å². The molecule has 7 rings (SSSR count). The molecule has 0 aliphatic carbocycles. The molecule has 0 aliphatic heterocycles. The van der Waals surface area contributed by atoms with Gasteiger partial charge in [0.05, 0.1) is 35.4 Å². The van der Waals surface area contributed by atoms with Gasteiger partial charge in [0.1, 0.15) is 7.05 Å². The quantitative estimate of drug-likeness (QED) is 0.114. The molecule has 0 saturated heterocycles. The van der Waals surface area contributed by atoms with Gasteiger partial charge in [-0.05, 0) is 35.4 Å². The Bertz CT molecular complexity index is 1920. The average molecular weight is 444 g/mol. The first-order valence-corrected chi connectivity index (χ1v) is 15.3. The van der Waals surface area contributed by atoms with Gasteiger partial charge in [0.25, 0.3) is 0 Å². The Labute approximate surface area is 194 Å². The number of hydrogen-bond donors (Lipinski definition) is 0. The maximum absolute atomic E-state index is 2.53. The minimum atomic E-state index is -1.41. The Kier molecular flexibility index (Phi) is 3.54. The van der Waals surface area contributed by atoms with Crippen molar-refractivity contribution >= 4 is 73.0 Å². The zero-order valence-electron chi connectivity index (χ0n) is 19.8. The monoisotopic (exact) mass is 443 g/mol. The summed E-state index contributed by atoms with van der Waals surface area (Å²) in [5, 5.41) is 10.9. The molecule has 0 fully saturated rings. The van der Waals surface area contributed by atoms with E-state index in [2.05, 4.69) is 116 Å². The van der Waals surface area contributed by atoms with E-state index in [0.717, 1.165) is 0 Å². The number of benzene rings is 4. The number of nitrogens with zero attached hydrogens (tertiary/aromatic N) is 2. The van der Waals surface area contributed by atoms with E-state index in [9.17, 15) is 0 Å². The van der Waals surface area contributed by atoms with Gasteiger partial charge in [-0.15, -0.1) is 0 Å². The minimum absolute atomic E-state index is 1.29. The summed E-state index contributed by atoms with van der Waals surface area (Å²) in [6.45, 7) is 9.54. The van der Waals surface area contributed by atoms with Gasteiger partial charge >= 0.3 is 0 Å². The molecule has 0 unspecified atom stereocenters. The van der Waals surface area contributed by atoms with Crippen LogP contribution in [0.4, 0.5) is 0 Å². The Hall–Kier alpha value is -3.43. The fraction of sp³-hybridized carbons (Fsp3) is 0.167. The van der Waals surface area contributed by atoms with E-state index in [1.807, 2.05) is 0 Å². The number of pyridine rings is 2. The van der Waals surface area contributed by atoms with Crippen LogP contribution in [-0.2, 0) is 7.05 Å². The molecule has 0 saturated carbocycles. The summed E-state index contributed by atoms with van der Waals surface area (Å²) in [7, 11) is 0.781. The largest absolute Gasteiger partial charge is 0.307 e. The molecule has 33 heavy (non-hydrogen) atoms. The Morgan fingerprint density at radius 2 is 1.52 bits per heavy atom. The third kappa shape index (κ3) is 2.35. The summed E-state index contributed by atoms with van der Waals surface area (Å²) in [5.41, 5.74) is 6.60. The second-order valence-corrected chi connectivity index (χ2v) is 15.7. The number of aromatic nitrogens is 2. The van der Waals surface area contributed by atoms with E-state index < -0.39 is 8.07 Å². The molecular formula is C30H27N2Si+. The standard InChI is InChI=1S/C30H27N2Si/c1-18-10-12-24-22-8-6-7-9-25(22)32-26-17-19-16-20(33(3,4)5)11-13-21(19)23-14-15-31(2)30(28(23)26)27(18)29(24)32/h6-17H,1-5H3/q+1. The predicted octanol–water partition coefficient (Wildman–Crippen LogP) is 6.82. The molecule has 0 amide bonds. The molecule has 0 spiro atoms. The summed E-state index contributed by atoms with van der Waals surface area (Å²) in [6, 6.07) is 25.4. The van der Waals surface area contributed by atoms with Gasteiger partial charge in [0.2, 0.25) is 5.52 Å². The lowest BCUT2D eigenvalue weighted by atomic mass is 9.96. The highest BCUT2D eigenvalue weighted by Gasteiger charge is 2.25. The van der Waals surface area contributed by atoms with E-state index in [1.54, 1.807) is 0 Å². The summed E-state index contributed by atoms with van der Waals surface area (Å²) >= 11 is 0. The maximum Gasteiger partial charge on any atom is 0.224 e. The Balaban J connectivity index is 1.87. The number of rotatable bonds is 1. The summed E-state index contributed by atoms with van der Waals surface area (Å²) in [6.07, 6.45) is 2.24.